The number of fused-ring (bicyclic) bond motifs is 1. The van der Waals surface area contributed by atoms with E-state index in [0.29, 0.717) is 72.0 Å². The van der Waals surface area contributed by atoms with Crippen molar-refractivity contribution in [1.29, 1.82) is 0 Å². The summed E-state index contributed by atoms with van der Waals surface area (Å²) in [7, 11) is 3.37. The van der Waals surface area contributed by atoms with Gasteiger partial charge in [-0.1, -0.05) is 48.5 Å². The number of hydrogen-bond donors (Lipinski definition) is 1. The molecule has 0 saturated carbocycles. The molecule has 0 radical (unpaired) electrons. The molecule has 0 aromatic heterocycles. The lowest BCUT2D eigenvalue weighted by molar-refractivity contribution is -0.113. The molecule has 0 unspecified atom stereocenters. The number of carbonyl (C=O) groups excluding carboxylic acids is 1. The minimum atomic E-state index is -0.833. The van der Waals surface area contributed by atoms with Crippen LogP contribution in [0.25, 0.3) is 0 Å². The Morgan fingerprint density at radius 1 is 0.882 bits per heavy atom. The van der Waals surface area contributed by atoms with Crippen LogP contribution in [-0.2, 0) is 36.9 Å². The Labute approximate surface area is 301 Å². The molecule has 6 rings (SSSR count). The van der Waals surface area contributed by atoms with Crippen LogP contribution in [0.2, 0.25) is 0 Å². The number of ether oxygens (including phenoxy) is 7. The first-order valence-electron chi connectivity index (χ1n) is 18.1. The van der Waals surface area contributed by atoms with Gasteiger partial charge in [0, 0.05) is 46.0 Å². The zero-order valence-electron chi connectivity index (χ0n) is 29.9. The highest BCUT2D eigenvalue weighted by molar-refractivity contribution is 5.68. The van der Waals surface area contributed by atoms with Gasteiger partial charge in [0.25, 0.3) is 0 Å². The van der Waals surface area contributed by atoms with Crippen LogP contribution in [0.3, 0.4) is 0 Å². The minimum absolute atomic E-state index is 0.169. The zero-order valence-corrected chi connectivity index (χ0v) is 29.9. The molecule has 1 amide bonds. The summed E-state index contributed by atoms with van der Waals surface area (Å²) < 4.78 is 41.5. The van der Waals surface area contributed by atoms with E-state index in [2.05, 4.69) is 11.0 Å². The van der Waals surface area contributed by atoms with Gasteiger partial charge in [-0.3, -0.25) is 0 Å². The predicted octanol–water partition coefficient (Wildman–Crippen LogP) is 5.57. The van der Waals surface area contributed by atoms with Crippen LogP contribution in [0.1, 0.15) is 48.3 Å². The summed E-state index contributed by atoms with van der Waals surface area (Å²) in [4.78, 5) is 17.7. The Bertz CT molecular complexity index is 1520. The van der Waals surface area contributed by atoms with Gasteiger partial charge in [0.05, 0.1) is 56.8 Å². The average Bonchev–Trinajstić information content (AvgIpc) is 3.17. The number of rotatable bonds is 15. The fourth-order valence-corrected chi connectivity index (χ4v) is 7.15. The van der Waals surface area contributed by atoms with E-state index in [4.69, 9.17) is 33.2 Å². The van der Waals surface area contributed by atoms with Crippen molar-refractivity contribution in [3.63, 3.8) is 0 Å². The third-order valence-electron chi connectivity index (χ3n) is 10.1. The maximum Gasteiger partial charge on any atom is 0.410 e. The maximum atomic E-state index is 13.6. The Morgan fingerprint density at radius 2 is 1.65 bits per heavy atom. The summed E-state index contributed by atoms with van der Waals surface area (Å²) in [5, 5.41) is 11.2. The normalized spacial score (nSPS) is 21.4. The van der Waals surface area contributed by atoms with Crippen molar-refractivity contribution in [3.8, 4) is 11.5 Å². The van der Waals surface area contributed by atoms with Crippen molar-refractivity contribution < 1.29 is 43.1 Å². The van der Waals surface area contributed by atoms with Crippen molar-refractivity contribution in [1.82, 2.24) is 4.90 Å². The summed E-state index contributed by atoms with van der Waals surface area (Å²) in [6.07, 6.45) is 1.28. The summed E-state index contributed by atoms with van der Waals surface area (Å²) in [6.45, 7) is 5.56. The number of benzene rings is 3. The number of nitrogens with zero attached hydrogens (tertiary/aromatic N) is 2. The van der Waals surface area contributed by atoms with E-state index in [1.165, 1.54) is 0 Å². The van der Waals surface area contributed by atoms with E-state index in [9.17, 15) is 9.90 Å². The largest absolute Gasteiger partial charge is 0.497 e. The van der Waals surface area contributed by atoms with E-state index in [-0.39, 0.29) is 12.5 Å². The Morgan fingerprint density at radius 3 is 2.39 bits per heavy atom. The van der Waals surface area contributed by atoms with Crippen molar-refractivity contribution in [2.75, 3.05) is 78.3 Å². The van der Waals surface area contributed by atoms with Crippen molar-refractivity contribution in [2.24, 2.45) is 0 Å². The molecule has 3 atom stereocenters. The molecule has 0 aliphatic carbocycles. The number of carbonyl (C=O) groups is 1. The highest BCUT2D eigenvalue weighted by Gasteiger charge is 2.42. The molecule has 3 aliphatic rings. The number of likely N-dealkylation sites (tertiary alicyclic amines) is 1. The molecule has 0 spiro atoms. The molecule has 2 fully saturated rings. The zero-order chi connectivity index (χ0) is 35.5. The monoisotopic (exact) mass is 704 g/mol. The molecule has 2 saturated heterocycles. The molecule has 276 valence electrons. The Kier molecular flexibility index (Phi) is 13.1. The second kappa shape index (κ2) is 18.1. The van der Waals surface area contributed by atoms with Gasteiger partial charge in [0.15, 0.2) is 0 Å². The van der Waals surface area contributed by atoms with Gasteiger partial charge >= 0.3 is 6.09 Å². The van der Waals surface area contributed by atoms with Gasteiger partial charge in [0.2, 0.25) is 0 Å². The van der Waals surface area contributed by atoms with Crippen LogP contribution < -0.4 is 14.4 Å². The molecule has 11 nitrogen and oxygen atoms in total. The lowest BCUT2D eigenvalue weighted by Gasteiger charge is -2.43. The van der Waals surface area contributed by atoms with Crippen molar-refractivity contribution in [2.45, 2.75) is 62.6 Å². The summed E-state index contributed by atoms with van der Waals surface area (Å²) in [5.41, 5.74) is 3.16. The molecular weight excluding hydrogens is 652 g/mol. The van der Waals surface area contributed by atoms with Crippen LogP contribution in [-0.4, -0.2) is 107 Å². The van der Waals surface area contributed by atoms with E-state index in [0.717, 1.165) is 53.4 Å². The van der Waals surface area contributed by atoms with Crippen LogP contribution in [0.4, 0.5) is 10.5 Å². The summed E-state index contributed by atoms with van der Waals surface area (Å²) >= 11 is 0. The second-order valence-electron chi connectivity index (χ2n) is 13.6. The molecule has 3 aliphatic heterocycles. The third-order valence-corrected chi connectivity index (χ3v) is 10.1. The smallest absolute Gasteiger partial charge is 0.410 e. The van der Waals surface area contributed by atoms with E-state index in [1.807, 2.05) is 66.7 Å². The minimum Gasteiger partial charge on any atom is -0.497 e. The van der Waals surface area contributed by atoms with Crippen LogP contribution in [0.15, 0.2) is 72.8 Å². The van der Waals surface area contributed by atoms with Crippen molar-refractivity contribution in [3.05, 3.63) is 89.5 Å². The van der Waals surface area contributed by atoms with E-state index in [1.54, 1.807) is 19.1 Å². The third kappa shape index (κ3) is 9.93. The van der Waals surface area contributed by atoms with Gasteiger partial charge in [-0.25, -0.2) is 4.79 Å². The number of methoxy groups -OCH3 is 2. The first-order valence-corrected chi connectivity index (χ1v) is 18.1. The summed E-state index contributed by atoms with van der Waals surface area (Å²) in [6, 6.07) is 23.8. The first kappa shape index (κ1) is 36.9. The van der Waals surface area contributed by atoms with Crippen LogP contribution in [0, 0.1) is 0 Å². The van der Waals surface area contributed by atoms with E-state index >= 15 is 0 Å². The van der Waals surface area contributed by atoms with Gasteiger partial charge < -0.3 is 48.1 Å². The molecule has 3 aromatic rings. The average molecular weight is 705 g/mol. The van der Waals surface area contributed by atoms with Crippen LogP contribution in [0.5, 0.6) is 11.5 Å². The number of anilines is 1. The molecule has 1 N–H and O–H groups in total. The van der Waals surface area contributed by atoms with Gasteiger partial charge in [-0.05, 0) is 66.6 Å². The molecule has 3 aromatic carbocycles. The topological polar surface area (TPSA) is 108 Å². The fraction of sp³-hybridized carbons (Fsp3) is 0.525. The lowest BCUT2D eigenvalue weighted by atomic mass is 9.84. The molecule has 51 heavy (non-hydrogen) atoms. The highest BCUT2D eigenvalue weighted by Crippen LogP contribution is 2.37. The predicted molar refractivity (Wildman–Crippen MR) is 193 cm³/mol. The number of aliphatic hydroxyl groups is 1. The van der Waals surface area contributed by atoms with Gasteiger partial charge in [-0.15, -0.1) is 0 Å². The standard InChI is InChI=1S/C40H52N2O9/c1-45-20-6-18-41-19-24-49-35-14-9-31(25-34(35)41)29-50-37-27-42(39(43)51-28-30-7-4-3-5-8-30)26-36(38(37)32-10-12-33(46-2)13-11-32)48-23-17-40(44)15-21-47-22-16-40/h3-5,7-14,25,36-38,44H,6,15-24,26-29H2,1-2H3/t36-,37+,38+/m1/s1. The van der Waals surface area contributed by atoms with Crippen molar-refractivity contribution >= 4 is 11.8 Å². The summed E-state index contributed by atoms with van der Waals surface area (Å²) in [5.74, 6) is 1.41. The quantitative estimate of drug-likeness (QED) is 0.202. The number of piperidine rings is 1. The van der Waals surface area contributed by atoms with E-state index < -0.39 is 23.9 Å². The maximum absolute atomic E-state index is 13.6. The number of amides is 1. The molecular formula is C40H52N2O9. The molecule has 0 bridgehead atoms. The SMILES string of the molecule is COCCCN1CCOc2ccc(CO[C@H]3CN(C(=O)OCc4ccccc4)C[C@@H](OCCC4(O)CCOCC4)[C@@H]3c3ccc(OC)cc3)cc21. The molecule has 11 heteroatoms. The van der Waals surface area contributed by atoms with Crippen LogP contribution >= 0.6 is 0 Å². The van der Waals surface area contributed by atoms with Gasteiger partial charge in [0.1, 0.15) is 24.7 Å². The number of hydrogen-bond acceptors (Lipinski definition) is 10. The second-order valence-corrected chi connectivity index (χ2v) is 13.6. The Hall–Kier alpha value is -3.87. The lowest BCUT2D eigenvalue weighted by Crippen LogP contribution is -2.54. The molecule has 3 heterocycles. The first-order chi connectivity index (χ1) is 24.9. The Balaban J connectivity index is 1.23. The van der Waals surface area contributed by atoms with Gasteiger partial charge in [-0.2, -0.15) is 0 Å². The fourth-order valence-electron chi connectivity index (χ4n) is 7.15. The highest BCUT2D eigenvalue weighted by atomic mass is 16.6.